The maximum atomic E-state index is 10.7. The molecule has 2 aliphatic rings. The highest BCUT2D eigenvalue weighted by Crippen LogP contribution is 2.37. The van der Waals surface area contributed by atoms with Crippen molar-refractivity contribution < 1.29 is 14.6 Å². The lowest BCUT2D eigenvalue weighted by Crippen LogP contribution is -2.38. The molecule has 0 bridgehead atoms. The van der Waals surface area contributed by atoms with Gasteiger partial charge in [0.05, 0.1) is 0 Å². The van der Waals surface area contributed by atoms with Gasteiger partial charge in [0.15, 0.2) is 6.10 Å². The normalized spacial score (nSPS) is 41.6. The van der Waals surface area contributed by atoms with Crippen LogP contribution in [0, 0.1) is 5.92 Å². The van der Waals surface area contributed by atoms with Gasteiger partial charge in [-0.3, -0.25) is 5.32 Å². The fourth-order valence-electron chi connectivity index (χ4n) is 1.75. The number of carbonyl (C=O) groups is 1. The minimum Gasteiger partial charge on any atom is -0.479 e. The molecule has 4 heteroatoms. The molecule has 0 amide bonds. The highest BCUT2D eigenvalue weighted by molar-refractivity contribution is 5.73. The second-order valence-electron chi connectivity index (χ2n) is 3.57. The number of hydrogen-bond acceptors (Lipinski definition) is 3. The van der Waals surface area contributed by atoms with Crippen molar-refractivity contribution in [3.8, 4) is 0 Å². The Morgan fingerprint density at radius 3 is 2.75 bits per heavy atom. The molecule has 1 saturated heterocycles. The van der Waals surface area contributed by atoms with E-state index in [1.165, 1.54) is 0 Å². The standard InChI is InChI=1S/C8H13NO3/c1-4-9-6(5-2-3-5)7(12-4)8(10)11/h4-7,9H,2-3H2,1H3,(H,10,11). The first-order chi connectivity index (χ1) is 5.68. The smallest absolute Gasteiger partial charge is 0.334 e. The molecule has 3 atom stereocenters. The monoisotopic (exact) mass is 171 g/mol. The minimum absolute atomic E-state index is 0.0394. The van der Waals surface area contributed by atoms with Gasteiger partial charge in [0, 0.05) is 6.04 Å². The average molecular weight is 171 g/mol. The molecule has 0 aromatic rings. The van der Waals surface area contributed by atoms with E-state index in [2.05, 4.69) is 5.32 Å². The molecule has 2 fully saturated rings. The first-order valence-electron chi connectivity index (χ1n) is 4.33. The van der Waals surface area contributed by atoms with Crippen LogP contribution in [-0.4, -0.2) is 29.4 Å². The molecule has 3 unspecified atom stereocenters. The maximum absolute atomic E-state index is 10.7. The predicted molar refractivity (Wildman–Crippen MR) is 41.6 cm³/mol. The van der Waals surface area contributed by atoms with Gasteiger partial charge in [-0.15, -0.1) is 0 Å². The molecule has 0 radical (unpaired) electrons. The average Bonchev–Trinajstić information content (AvgIpc) is 2.75. The molecular formula is C8H13NO3. The summed E-state index contributed by atoms with van der Waals surface area (Å²) in [5.41, 5.74) is 0. The van der Waals surface area contributed by atoms with Crippen LogP contribution in [0.5, 0.6) is 0 Å². The van der Waals surface area contributed by atoms with Crippen LogP contribution in [0.4, 0.5) is 0 Å². The van der Waals surface area contributed by atoms with Crippen molar-refractivity contribution in [3.63, 3.8) is 0 Å². The lowest BCUT2D eigenvalue weighted by Gasteiger charge is -2.11. The van der Waals surface area contributed by atoms with Gasteiger partial charge in [0.2, 0.25) is 0 Å². The molecule has 2 N–H and O–H groups in total. The fourth-order valence-corrected chi connectivity index (χ4v) is 1.75. The van der Waals surface area contributed by atoms with Crippen LogP contribution in [0.2, 0.25) is 0 Å². The number of carboxylic acids is 1. The number of rotatable bonds is 2. The van der Waals surface area contributed by atoms with E-state index in [1.807, 2.05) is 6.92 Å². The van der Waals surface area contributed by atoms with E-state index in [4.69, 9.17) is 9.84 Å². The van der Waals surface area contributed by atoms with Crippen LogP contribution >= 0.6 is 0 Å². The number of ether oxygens (including phenoxy) is 1. The van der Waals surface area contributed by atoms with E-state index >= 15 is 0 Å². The van der Waals surface area contributed by atoms with Gasteiger partial charge in [0.25, 0.3) is 0 Å². The van der Waals surface area contributed by atoms with E-state index in [9.17, 15) is 4.79 Å². The molecule has 12 heavy (non-hydrogen) atoms. The van der Waals surface area contributed by atoms with E-state index in [0.29, 0.717) is 5.92 Å². The third kappa shape index (κ3) is 1.32. The molecule has 1 aliphatic heterocycles. The predicted octanol–water partition coefficient (Wildman–Crippen LogP) is 0.184. The summed E-state index contributed by atoms with van der Waals surface area (Å²) in [6.07, 6.45) is 1.53. The number of hydrogen-bond donors (Lipinski definition) is 2. The van der Waals surface area contributed by atoms with Gasteiger partial charge in [-0.25, -0.2) is 4.79 Å². The van der Waals surface area contributed by atoms with Crippen LogP contribution in [0.15, 0.2) is 0 Å². The summed E-state index contributed by atoms with van der Waals surface area (Å²) in [5.74, 6) is -0.320. The molecule has 0 aromatic carbocycles. The van der Waals surface area contributed by atoms with Gasteiger partial charge in [-0.1, -0.05) is 0 Å². The van der Waals surface area contributed by atoms with Crippen molar-refractivity contribution >= 4 is 5.97 Å². The zero-order chi connectivity index (χ0) is 8.72. The maximum Gasteiger partial charge on any atom is 0.334 e. The zero-order valence-corrected chi connectivity index (χ0v) is 6.99. The topological polar surface area (TPSA) is 58.6 Å². The number of carboxylic acid groups (broad SMARTS) is 1. The van der Waals surface area contributed by atoms with Gasteiger partial charge < -0.3 is 9.84 Å². The summed E-state index contributed by atoms with van der Waals surface area (Å²) in [6, 6.07) is 0.0394. The Hall–Kier alpha value is -0.610. The molecule has 0 aromatic heterocycles. The molecule has 1 saturated carbocycles. The van der Waals surface area contributed by atoms with E-state index < -0.39 is 12.1 Å². The lowest BCUT2D eigenvalue weighted by atomic mass is 10.1. The first-order valence-corrected chi connectivity index (χ1v) is 4.33. The SMILES string of the molecule is CC1NC(C2CC2)C(C(=O)O)O1. The van der Waals surface area contributed by atoms with Crippen LogP contribution in [-0.2, 0) is 9.53 Å². The van der Waals surface area contributed by atoms with Gasteiger partial charge >= 0.3 is 5.97 Å². The van der Waals surface area contributed by atoms with Crippen molar-refractivity contribution in [2.45, 2.75) is 38.1 Å². The molecule has 2 rings (SSSR count). The lowest BCUT2D eigenvalue weighted by molar-refractivity contribution is -0.149. The van der Waals surface area contributed by atoms with Gasteiger partial charge in [0.1, 0.15) is 6.23 Å². The second-order valence-corrected chi connectivity index (χ2v) is 3.57. The molecule has 0 spiro atoms. The van der Waals surface area contributed by atoms with Crippen molar-refractivity contribution in [2.75, 3.05) is 0 Å². The van der Waals surface area contributed by atoms with Crippen molar-refractivity contribution in [2.24, 2.45) is 5.92 Å². The van der Waals surface area contributed by atoms with Gasteiger partial charge in [-0.05, 0) is 25.7 Å². The summed E-state index contributed by atoms with van der Waals surface area (Å²) >= 11 is 0. The highest BCUT2D eigenvalue weighted by atomic mass is 16.5. The van der Waals surface area contributed by atoms with E-state index in [1.54, 1.807) is 0 Å². The van der Waals surface area contributed by atoms with Crippen molar-refractivity contribution in [3.05, 3.63) is 0 Å². The van der Waals surface area contributed by atoms with E-state index in [-0.39, 0.29) is 12.3 Å². The van der Waals surface area contributed by atoms with Crippen molar-refractivity contribution in [1.29, 1.82) is 0 Å². The molecule has 1 heterocycles. The minimum atomic E-state index is -0.844. The Morgan fingerprint density at radius 1 is 1.58 bits per heavy atom. The van der Waals surface area contributed by atoms with Crippen LogP contribution in [0.25, 0.3) is 0 Å². The van der Waals surface area contributed by atoms with Crippen LogP contribution in [0.1, 0.15) is 19.8 Å². The Balaban J connectivity index is 2.04. The summed E-state index contributed by atoms with van der Waals surface area (Å²) in [5, 5.41) is 12.0. The number of nitrogens with one attached hydrogen (secondary N) is 1. The summed E-state index contributed by atoms with van der Waals surface area (Å²) in [6.45, 7) is 1.85. The molecule has 1 aliphatic carbocycles. The zero-order valence-electron chi connectivity index (χ0n) is 6.99. The summed E-state index contributed by atoms with van der Waals surface area (Å²) in [7, 11) is 0. The Kier molecular flexibility index (Phi) is 1.81. The first kappa shape index (κ1) is 8.01. The number of aliphatic carboxylic acids is 1. The molecule has 4 nitrogen and oxygen atoms in total. The van der Waals surface area contributed by atoms with E-state index in [0.717, 1.165) is 12.8 Å². The molecule has 68 valence electrons. The highest BCUT2D eigenvalue weighted by Gasteiger charge is 2.45. The van der Waals surface area contributed by atoms with Gasteiger partial charge in [-0.2, -0.15) is 0 Å². The Bertz CT molecular complexity index is 202. The largest absolute Gasteiger partial charge is 0.479 e. The van der Waals surface area contributed by atoms with Crippen LogP contribution < -0.4 is 5.32 Å². The fraction of sp³-hybridized carbons (Fsp3) is 0.875. The molecular weight excluding hydrogens is 158 g/mol. The quantitative estimate of drug-likeness (QED) is 0.622. The summed E-state index contributed by atoms with van der Waals surface area (Å²) in [4.78, 5) is 10.7. The second kappa shape index (κ2) is 2.71. The summed E-state index contributed by atoms with van der Waals surface area (Å²) < 4.78 is 5.23. The Morgan fingerprint density at radius 2 is 2.25 bits per heavy atom. The van der Waals surface area contributed by atoms with Crippen molar-refractivity contribution in [1.82, 2.24) is 5.32 Å². The third-order valence-corrected chi connectivity index (χ3v) is 2.48. The third-order valence-electron chi connectivity index (χ3n) is 2.48. The Labute approximate surface area is 70.9 Å². The van der Waals surface area contributed by atoms with Crippen LogP contribution in [0.3, 0.4) is 0 Å².